The molecule has 1 aliphatic heterocycles. The standard InChI is InChI=1S/C20H23N9S/c1-4-29-13(2)15(9-25-29)18-26-17-19(27(18)3)23-12-24-20(17)30-14-6-8-28(10-14)16-5-7-21-11-22-16/h5,7,9,11-12,14H,4,6,8,10H2,1-3H3/t14-/m0/s1. The Kier molecular flexibility index (Phi) is 4.86. The van der Waals surface area contributed by atoms with E-state index in [1.54, 1.807) is 30.6 Å². The Balaban J connectivity index is 1.44. The summed E-state index contributed by atoms with van der Waals surface area (Å²) >= 11 is 1.78. The van der Waals surface area contributed by atoms with Gasteiger partial charge in [0.25, 0.3) is 0 Å². The highest BCUT2D eigenvalue weighted by Crippen LogP contribution is 2.35. The number of aromatic nitrogens is 8. The molecule has 154 valence electrons. The molecule has 0 unspecified atom stereocenters. The summed E-state index contributed by atoms with van der Waals surface area (Å²) in [6.07, 6.45) is 7.98. The second-order valence-electron chi connectivity index (χ2n) is 7.35. The first-order valence-corrected chi connectivity index (χ1v) is 10.9. The monoisotopic (exact) mass is 421 g/mol. The lowest BCUT2D eigenvalue weighted by molar-refractivity contribution is 0.640. The first-order chi connectivity index (χ1) is 14.7. The maximum Gasteiger partial charge on any atom is 0.164 e. The van der Waals surface area contributed by atoms with E-state index in [4.69, 9.17) is 4.98 Å². The van der Waals surface area contributed by atoms with Crippen molar-refractivity contribution in [1.82, 2.24) is 39.3 Å². The lowest BCUT2D eigenvalue weighted by Crippen LogP contribution is -2.21. The van der Waals surface area contributed by atoms with E-state index in [-0.39, 0.29) is 0 Å². The molecule has 10 heteroatoms. The van der Waals surface area contributed by atoms with Gasteiger partial charge in [0.2, 0.25) is 0 Å². The molecule has 1 atom stereocenters. The van der Waals surface area contributed by atoms with Crippen molar-refractivity contribution in [3.63, 3.8) is 0 Å². The average molecular weight is 422 g/mol. The smallest absolute Gasteiger partial charge is 0.164 e. The zero-order valence-electron chi connectivity index (χ0n) is 17.2. The van der Waals surface area contributed by atoms with Crippen molar-refractivity contribution in [3.8, 4) is 11.4 Å². The molecule has 5 heterocycles. The van der Waals surface area contributed by atoms with Gasteiger partial charge in [-0.05, 0) is 26.3 Å². The highest BCUT2D eigenvalue weighted by Gasteiger charge is 2.27. The van der Waals surface area contributed by atoms with E-state index in [2.05, 4.69) is 43.8 Å². The Morgan fingerprint density at radius 1 is 1.20 bits per heavy atom. The summed E-state index contributed by atoms with van der Waals surface area (Å²) in [5, 5.41) is 5.82. The molecule has 1 aliphatic rings. The van der Waals surface area contributed by atoms with Crippen LogP contribution in [0, 0.1) is 6.92 Å². The number of aryl methyl sites for hydroxylation is 2. The number of imidazole rings is 1. The highest BCUT2D eigenvalue weighted by molar-refractivity contribution is 8.00. The van der Waals surface area contributed by atoms with Gasteiger partial charge in [0.15, 0.2) is 5.65 Å². The van der Waals surface area contributed by atoms with Gasteiger partial charge in [-0.1, -0.05) is 11.8 Å². The number of hydrogen-bond donors (Lipinski definition) is 0. The summed E-state index contributed by atoms with van der Waals surface area (Å²) in [5.74, 6) is 1.85. The summed E-state index contributed by atoms with van der Waals surface area (Å²) in [5.41, 5.74) is 3.83. The van der Waals surface area contributed by atoms with E-state index >= 15 is 0 Å². The largest absolute Gasteiger partial charge is 0.355 e. The van der Waals surface area contributed by atoms with Gasteiger partial charge in [-0.25, -0.2) is 24.9 Å². The van der Waals surface area contributed by atoms with Crippen molar-refractivity contribution >= 4 is 28.7 Å². The molecule has 4 aromatic rings. The number of thioether (sulfide) groups is 1. The second kappa shape index (κ2) is 7.67. The summed E-state index contributed by atoms with van der Waals surface area (Å²) < 4.78 is 4.02. The van der Waals surface area contributed by atoms with E-state index in [1.165, 1.54) is 0 Å². The molecule has 1 fully saturated rings. The minimum absolute atomic E-state index is 0.424. The fourth-order valence-electron chi connectivity index (χ4n) is 3.95. The molecule has 0 spiro atoms. The summed E-state index contributed by atoms with van der Waals surface area (Å²) in [6.45, 7) is 6.90. The molecule has 0 aliphatic carbocycles. The summed E-state index contributed by atoms with van der Waals surface area (Å²) in [4.78, 5) is 24.7. The van der Waals surface area contributed by atoms with Crippen LogP contribution in [0.1, 0.15) is 19.0 Å². The number of nitrogens with zero attached hydrogens (tertiary/aromatic N) is 9. The molecular weight excluding hydrogens is 398 g/mol. The van der Waals surface area contributed by atoms with Crippen LogP contribution in [0.4, 0.5) is 5.82 Å². The predicted molar refractivity (Wildman–Crippen MR) is 116 cm³/mol. The SMILES string of the molecule is CCn1ncc(-c2nc3c(S[C@H]4CCN(c5ccncn5)C4)ncnc3n2C)c1C. The summed E-state index contributed by atoms with van der Waals surface area (Å²) in [7, 11) is 2.00. The van der Waals surface area contributed by atoms with Crippen LogP contribution in [0.25, 0.3) is 22.6 Å². The second-order valence-corrected chi connectivity index (χ2v) is 8.64. The fraction of sp³-hybridized carbons (Fsp3) is 0.400. The number of hydrogen-bond acceptors (Lipinski definition) is 8. The molecule has 5 rings (SSSR count). The third-order valence-electron chi connectivity index (χ3n) is 5.58. The first-order valence-electron chi connectivity index (χ1n) is 10.0. The van der Waals surface area contributed by atoms with E-state index < -0.39 is 0 Å². The van der Waals surface area contributed by atoms with Gasteiger partial charge in [0.05, 0.1) is 11.8 Å². The van der Waals surface area contributed by atoms with Crippen molar-refractivity contribution < 1.29 is 0 Å². The Morgan fingerprint density at radius 2 is 2.10 bits per heavy atom. The molecule has 0 amide bonds. The zero-order chi connectivity index (χ0) is 20.7. The van der Waals surface area contributed by atoms with E-state index in [1.807, 2.05) is 28.6 Å². The minimum Gasteiger partial charge on any atom is -0.355 e. The van der Waals surface area contributed by atoms with Gasteiger partial charge >= 0.3 is 0 Å². The van der Waals surface area contributed by atoms with Crippen molar-refractivity contribution in [2.24, 2.45) is 7.05 Å². The van der Waals surface area contributed by atoms with E-state index in [0.717, 1.165) is 65.1 Å². The molecule has 1 saturated heterocycles. The normalized spacial score (nSPS) is 16.6. The Morgan fingerprint density at radius 3 is 2.87 bits per heavy atom. The van der Waals surface area contributed by atoms with Gasteiger partial charge < -0.3 is 9.47 Å². The topological polar surface area (TPSA) is 90.4 Å². The van der Waals surface area contributed by atoms with Crippen LogP contribution in [-0.4, -0.2) is 57.6 Å². The molecule has 4 aromatic heterocycles. The first kappa shape index (κ1) is 19.0. The van der Waals surface area contributed by atoms with Crippen LogP contribution in [0.5, 0.6) is 0 Å². The molecule has 0 aromatic carbocycles. The van der Waals surface area contributed by atoms with Crippen LogP contribution in [0.3, 0.4) is 0 Å². The molecule has 0 saturated carbocycles. The van der Waals surface area contributed by atoms with Gasteiger partial charge in [-0.2, -0.15) is 5.10 Å². The quantitative estimate of drug-likeness (QED) is 0.454. The van der Waals surface area contributed by atoms with Crippen molar-refractivity contribution in [2.45, 2.75) is 37.1 Å². The van der Waals surface area contributed by atoms with Crippen molar-refractivity contribution in [2.75, 3.05) is 18.0 Å². The van der Waals surface area contributed by atoms with Crippen molar-refractivity contribution in [1.29, 1.82) is 0 Å². The Hall–Kier alpha value is -3.01. The fourth-order valence-corrected chi connectivity index (χ4v) is 5.10. The molecule has 0 bridgehead atoms. The molecule has 0 N–H and O–H groups in total. The van der Waals surface area contributed by atoms with Crippen LogP contribution in [0.2, 0.25) is 0 Å². The van der Waals surface area contributed by atoms with Gasteiger partial charge in [-0.15, -0.1) is 0 Å². The molecule has 0 radical (unpaired) electrons. The maximum absolute atomic E-state index is 4.94. The van der Waals surface area contributed by atoms with Crippen LogP contribution in [0.15, 0.2) is 36.1 Å². The van der Waals surface area contributed by atoms with Gasteiger partial charge in [0, 0.05) is 43.8 Å². The minimum atomic E-state index is 0.424. The molecule has 30 heavy (non-hydrogen) atoms. The number of anilines is 1. The maximum atomic E-state index is 4.94. The number of rotatable bonds is 5. The molecule has 9 nitrogen and oxygen atoms in total. The zero-order valence-corrected chi connectivity index (χ0v) is 18.0. The lowest BCUT2D eigenvalue weighted by atomic mass is 10.2. The lowest BCUT2D eigenvalue weighted by Gasteiger charge is -2.16. The Bertz CT molecular complexity index is 1180. The highest BCUT2D eigenvalue weighted by atomic mass is 32.2. The molecular formula is C20H23N9S. The third-order valence-corrected chi connectivity index (χ3v) is 6.82. The van der Waals surface area contributed by atoms with Gasteiger partial charge in [-0.3, -0.25) is 4.68 Å². The summed E-state index contributed by atoms with van der Waals surface area (Å²) in [6, 6.07) is 1.96. The third kappa shape index (κ3) is 3.20. The van der Waals surface area contributed by atoms with E-state index in [9.17, 15) is 0 Å². The van der Waals surface area contributed by atoms with Crippen LogP contribution < -0.4 is 4.90 Å². The number of fused-ring (bicyclic) bond motifs is 1. The predicted octanol–water partition coefficient (Wildman–Crippen LogP) is 2.72. The van der Waals surface area contributed by atoms with Crippen LogP contribution in [-0.2, 0) is 13.6 Å². The Labute approximate surface area is 178 Å². The van der Waals surface area contributed by atoms with Crippen LogP contribution >= 0.6 is 11.8 Å². The average Bonchev–Trinajstić information content (AvgIpc) is 3.47. The van der Waals surface area contributed by atoms with Crippen molar-refractivity contribution in [3.05, 3.63) is 36.8 Å². The van der Waals surface area contributed by atoms with Gasteiger partial charge in [0.1, 0.15) is 34.8 Å². The van der Waals surface area contributed by atoms with E-state index in [0.29, 0.717) is 5.25 Å².